The summed E-state index contributed by atoms with van der Waals surface area (Å²) in [5.74, 6) is -2.10. The molecule has 1 atom stereocenters. The molecule has 1 fully saturated rings. The molecule has 0 radical (unpaired) electrons. The van der Waals surface area contributed by atoms with E-state index in [-0.39, 0.29) is 24.2 Å². The molecule has 0 amide bonds. The molecule has 3 aromatic carbocycles. The number of carbonyl (C=O) groups is 2. The first kappa shape index (κ1) is 25.1. The molecular weight excluding hydrogens is 519 g/mol. The Morgan fingerprint density at radius 1 is 1.11 bits per heavy atom. The molecule has 4 aromatic rings. The number of fused-ring (bicyclic) bond motifs is 1. The van der Waals surface area contributed by atoms with Crippen LogP contribution in [-0.2, 0) is 19.4 Å². The molecule has 1 aliphatic rings. The quantitative estimate of drug-likeness (QED) is 0.251. The molecule has 1 aromatic heterocycles. The van der Waals surface area contributed by atoms with E-state index in [1.807, 2.05) is 18.2 Å². The van der Waals surface area contributed by atoms with Crippen LogP contribution < -0.4 is 0 Å². The summed E-state index contributed by atoms with van der Waals surface area (Å²) >= 11 is 6.45. The lowest BCUT2D eigenvalue weighted by Gasteiger charge is -2.23. The molecular formula is C27H22ClFN2O5S. The Morgan fingerprint density at radius 3 is 2.49 bits per heavy atom. The number of esters is 1. The zero-order valence-corrected chi connectivity index (χ0v) is 21.4. The maximum absolute atomic E-state index is 13.6. The zero-order chi connectivity index (χ0) is 26.4. The van der Waals surface area contributed by atoms with Gasteiger partial charge >= 0.3 is 5.97 Å². The number of rotatable bonds is 6. The number of nitrogens with zero attached hydrogens (tertiary/aromatic N) is 2. The molecule has 1 saturated heterocycles. The summed E-state index contributed by atoms with van der Waals surface area (Å²) in [4.78, 5) is 26.0. The van der Waals surface area contributed by atoms with Crippen molar-refractivity contribution in [3.8, 4) is 16.9 Å². The third-order valence-electron chi connectivity index (χ3n) is 6.71. The molecule has 1 aliphatic heterocycles. The minimum Gasteiger partial charge on any atom is -0.469 e. The molecule has 0 spiro atoms. The van der Waals surface area contributed by atoms with Crippen LogP contribution >= 0.6 is 11.6 Å². The third-order valence-corrected chi connectivity index (χ3v) is 8.86. The number of sulfone groups is 1. The molecule has 0 N–H and O–H groups in total. The van der Waals surface area contributed by atoms with Crippen molar-refractivity contribution in [3.63, 3.8) is 0 Å². The second-order valence-corrected chi connectivity index (χ2v) is 11.8. The summed E-state index contributed by atoms with van der Waals surface area (Å²) in [7, 11) is -2.28. The van der Waals surface area contributed by atoms with E-state index in [4.69, 9.17) is 21.4 Å². The number of hydrogen-bond acceptors (Lipinski definition) is 6. The molecule has 0 saturated carbocycles. The van der Waals surface area contributed by atoms with Crippen LogP contribution in [0.15, 0.2) is 66.7 Å². The van der Waals surface area contributed by atoms with Crippen molar-refractivity contribution < 1.29 is 27.1 Å². The van der Waals surface area contributed by atoms with Crippen LogP contribution in [-0.4, -0.2) is 48.6 Å². The van der Waals surface area contributed by atoms with Gasteiger partial charge in [-0.3, -0.25) is 9.59 Å². The van der Waals surface area contributed by atoms with E-state index in [0.717, 1.165) is 0 Å². The Kier molecular flexibility index (Phi) is 6.37. The van der Waals surface area contributed by atoms with Gasteiger partial charge in [-0.1, -0.05) is 35.9 Å². The van der Waals surface area contributed by atoms with Crippen molar-refractivity contribution in [1.29, 1.82) is 0 Å². The highest BCUT2D eigenvalue weighted by Crippen LogP contribution is 2.39. The molecule has 2 heterocycles. The van der Waals surface area contributed by atoms with Gasteiger partial charge in [0.1, 0.15) is 11.5 Å². The van der Waals surface area contributed by atoms with E-state index >= 15 is 0 Å². The summed E-state index contributed by atoms with van der Waals surface area (Å²) in [6, 6.07) is 18.0. The van der Waals surface area contributed by atoms with Gasteiger partial charge in [0.2, 0.25) is 0 Å². The SMILES string of the molecule is COC(=O)C1(CC(=O)c2ccc3c(-c4ccccc4Cl)nn(-c4ccc(F)cc4)c3c2)CCS(=O)(=O)C1. The third kappa shape index (κ3) is 4.65. The molecule has 37 heavy (non-hydrogen) atoms. The number of carbonyl (C=O) groups excluding carboxylic acids is 2. The maximum Gasteiger partial charge on any atom is 0.313 e. The number of benzene rings is 3. The Morgan fingerprint density at radius 2 is 1.84 bits per heavy atom. The number of methoxy groups -OCH3 is 1. The molecule has 0 aliphatic carbocycles. The standard InChI is InChI=1S/C27H22ClFN2O5S/c1-36-26(33)27(12-13-37(34,35)16-27)15-24(32)17-6-11-21-23(14-17)31(19-9-7-18(29)8-10-19)30-25(21)20-4-2-3-5-22(20)28/h2-11,14H,12-13,15-16H2,1H3. The average Bonchev–Trinajstić information content (AvgIpc) is 3.41. The number of hydrogen-bond donors (Lipinski definition) is 0. The molecule has 0 bridgehead atoms. The van der Waals surface area contributed by atoms with Crippen molar-refractivity contribution in [2.75, 3.05) is 18.6 Å². The lowest BCUT2D eigenvalue weighted by molar-refractivity contribution is -0.151. The predicted octanol–water partition coefficient (Wildman–Crippen LogP) is 5.04. The minimum absolute atomic E-state index is 0.0279. The van der Waals surface area contributed by atoms with E-state index in [2.05, 4.69) is 0 Å². The zero-order valence-electron chi connectivity index (χ0n) is 19.8. The van der Waals surface area contributed by atoms with Gasteiger partial charge in [0.25, 0.3) is 0 Å². The smallest absolute Gasteiger partial charge is 0.313 e. The molecule has 1 unspecified atom stereocenters. The van der Waals surface area contributed by atoms with Crippen molar-refractivity contribution in [2.45, 2.75) is 12.8 Å². The Labute approximate surface area is 217 Å². The number of aromatic nitrogens is 2. The first-order chi connectivity index (χ1) is 17.6. The fourth-order valence-corrected chi connectivity index (χ4v) is 7.11. The average molecular weight is 541 g/mol. The van der Waals surface area contributed by atoms with Gasteiger partial charge < -0.3 is 4.74 Å². The molecule has 190 valence electrons. The predicted molar refractivity (Wildman–Crippen MR) is 138 cm³/mol. The highest BCUT2D eigenvalue weighted by atomic mass is 35.5. The van der Waals surface area contributed by atoms with Crippen LogP contribution in [0.2, 0.25) is 5.02 Å². The van der Waals surface area contributed by atoms with Crippen molar-refractivity contribution in [1.82, 2.24) is 9.78 Å². The van der Waals surface area contributed by atoms with E-state index in [0.29, 0.717) is 32.9 Å². The summed E-state index contributed by atoms with van der Waals surface area (Å²) in [6.07, 6.45) is -0.271. The molecule has 10 heteroatoms. The molecule has 7 nitrogen and oxygen atoms in total. The fourth-order valence-electron chi connectivity index (χ4n) is 4.83. The summed E-state index contributed by atoms with van der Waals surface area (Å²) in [5.41, 5.74) is 1.28. The maximum atomic E-state index is 13.6. The van der Waals surface area contributed by atoms with Gasteiger partial charge in [-0.15, -0.1) is 0 Å². The van der Waals surface area contributed by atoms with Crippen LogP contribution in [0.25, 0.3) is 27.8 Å². The second kappa shape index (κ2) is 9.39. The topological polar surface area (TPSA) is 95.3 Å². The highest BCUT2D eigenvalue weighted by Gasteiger charge is 2.50. The minimum atomic E-state index is -3.46. The summed E-state index contributed by atoms with van der Waals surface area (Å²) in [5, 5.41) is 5.95. The first-order valence-corrected chi connectivity index (χ1v) is 13.7. The van der Waals surface area contributed by atoms with E-state index in [1.165, 1.54) is 19.2 Å². The van der Waals surface area contributed by atoms with E-state index < -0.39 is 38.6 Å². The van der Waals surface area contributed by atoms with Gasteiger partial charge in [0, 0.05) is 22.9 Å². The second-order valence-electron chi connectivity index (χ2n) is 9.16. The molecule has 5 rings (SSSR count). The van der Waals surface area contributed by atoms with Gasteiger partial charge in [0.05, 0.1) is 40.3 Å². The first-order valence-electron chi connectivity index (χ1n) is 11.5. The summed E-state index contributed by atoms with van der Waals surface area (Å²) in [6.45, 7) is 0. The lowest BCUT2D eigenvalue weighted by Crippen LogP contribution is -2.36. The number of halogens is 2. The Hall–Kier alpha value is -3.56. The van der Waals surface area contributed by atoms with E-state index in [9.17, 15) is 22.4 Å². The summed E-state index contributed by atoms with van der Waals surface area (Å²) < 4.78 is 44.5. The van der Waals surface area contributed by atoms with Crippen LogP contribution in [0.4, 0.5) is 4.39 Å². The van der Waals surface area contributed by atoms with Crippen molar-refractivity contribution in [3.05, 3.63) is 83.1 Å². The van der Waals surface area contributed by atoms with Crippen LogP contribution in [0.5, 0.6) is 0 Å². The Balaban J connectivity index is 1.62. The van der Waals surface area contributed by atoms with E-state index in [1.54, 1.807) is 41.1 Å². The van der Waals surface area contributed by atoms with Gasteiger partial charge in [0.15, 0.2) is 15.6 Å². The van der Waals surface area contributed by atoms with Crippen LogP contribution in [0, 0.1) is 11.2 Å². The fraction of sp³-hybridized carbons (Fsp3) is 0.222. The largest absolute Gasteiger partial charge is 0.469 e. The Bertz CT molecular complexity index is 1650. The van der Waals surface area contributed by atoms with Gasteiger partial charge in [-0.05, 0) is 48.9 Å². The van der Waals surface area contributed by atoms with Crippen molar-refractivity contribution >= 4 is 44.1 Å². The number of ether oxygens (including phenoxy) is 1. The number of Topliss-reactive ketones (excluding diaryl/α,β-unsaturated/α-hetero) is 1. The number of ketones is 1. The normalized spacial score (nSPS) is 18.7. The lowest BCUT2D eigenvalue weighted by atomic mass is 9.81. The monoisotopic (exact) mass is 540 g/mol. The van der Waals surface area contributed by atoms with Gasteiger partial charge in [-0.2, -0.15) is 5.10 Å². The van der Waals surface area contributed by atoms with Crippen LogP contribution in [0.3, 0.4) is 0 Å². The van der Waals surface area contributed by atoms with Crippen molar-refractivity contribution in [2.24, 2.45) is 5.41 Å². The van der Waals surface area contributed by atoms with Gasteiger partial charge in [-0.25, -0.2) is 17.5 Å². The van der Waals surface area contributed by atoms with Crippen LogP contribution in [0.1, 0.15) is 23.2 Å². The highest BCUT2D eigenvalue weighted by molar-refractivity contribution is 7.91.